The van der Waals surface area contributed by atoms with E-state index in [0.717, 1.165) is 11.1 Å². The number of ketones is 1. The molecule has 0 amide bonds. The number of rotatable bonds is 5. The van der Waals surface area contributed by atoms with E-state index in [9.17, 15) is 13.2 Å². The standard InChI is InChI=1S/C16H16O4S2/c1-11-4-6-13(21-11)7-8-14(17)12-5-9-16(22(3,18)19)15(10-12)20-2/h4-10H,1-3H3. The summed E-state index contributed by atoms with van der Waals surface area (Å²) in [4.78, 5) is 14.4. The Labute approximate surface area is 134 Å². The summed E-state index contributed by atoms with van der Waals surface area (Å²) >= 11 is 1.60. The van der Waals surface area contributed by atoms with Gasteiger partial charge < -0.3 is 4.74 Å². The van der Waals surface area contributed by atoms with Crippen molar-refractivity contribution < 1.29 is 17.9 Å². The molecule has 0 aliphatic heterocycles. The number of sulfone groups is 1. The quantitative estimate of drug-likeness (QED) is 0.620. The van der Waals surface area contributed by atoms with Crippen LogP contribution >= 0.6 is 11.3 Å². The van der Waals surface area contributed by atoms with Crippen LogP contribution in [-0.2, 0) is 9.84 Å². The van der Waals surface area contributed by atoms with E-state index >= 15 is 0 Å². The fourth-order valence-corrected chi connectivity index (χ4v) is 3.53. The van der Waals surface area contributed by atoms with Gasteiger partial charge in [-0.2, -0.15) is 0 Å². The number of allylic oxidation sites excluding steroid dienone is 1. The van der Waals surface area contributed by atoms with Gasteiger partial charge in [0.05, 0.1) is 7.11 Å². The third-order valence-corrected chi connectivity index (χ3v) is 5.11. The van der Waals surface area contributed by atoms with Gasteiger partial charge in [0.15, 0.2) is 15.6 Å². The number of ether oxygens (including phenoxy) is 1. The van der Waals surface area contributed by atoms with Gasteiger partial charge in [-0.3, -0.25) is 4.79 Å². The highest BCUT2D eigenvalue weighted by molar-refractivity contribution is 7.90. The molecule has 0 fully saturated rings. The van der Waals surface area contributed by atoms with Crippen LogP contribution < -0.4 is 4.74 Å². The largest absolute Gasteiger partial charge is 0.495 e. The lowest BCUT2D eigenvalue weighted by atomic mass is 10.1. The lowest BCUT2D eigenvalue weighted by Crippen LogP contribution is -2.03. The molecule has 116 valence electrons. The average Bonchev–Trinajstić information content (AvgIpc) is 2.88. The van der Waals surface area contributed by atoms with Crippen molar-refractivity contribution >= 4 is 33.0 Å². The molecular formula is C16H16O4S2. The molecule has 2 aromatic rings. The number of carbonyl (C=O) groups excluding carboxylic acids is 1. The van der Waals surface area contributed by atoms with E-state index in [1.54, 1.807) is 17.4 Å². The Kier molecular flexibility index (Phi) is 4.83. The molecule has 0 radical (unpaired) electrons. The number of hydrogen-bond acceptors (Lipinski definition) is 5. The molecule has 0 saturated carbocycles. The van der Waals surface area contributed by atoms with E-state index < -0.39 is 9.84 Å². The van der Waals surface area contributed by atoms with Crippen LogP contribution in [0.3, 0.4) is 0 Å². The molecule has 1 aromatic heterocycles. The Morgan fingerprint density at radius 2 is 1.95 bits per heavy atom. The van der Waals surface area contributed by atoms with Crippen LogP contribution in [0.5, 0.6) is 5.75 Å². The van der Waals surface area contributed by atoms with E-state index in [1.165, 1.54) is 36.3 Å². The maximum Gasteiger partial charge on any atom is 0.186 e. The van der Waals surface area contributed by atoms with E-state index in [4.69, 9.17) is 4.74 Å². The highest BCUT2D eigenvalue weighted by atomic mass is 32.2. The molecule has 1 heterocycles. The van der Waals surface area contributed by atoms with Gasteiger partial charge in [0, 0.05) is 21.6 Å². The van der Waals surface area contributed by atoms with Crippen molar-refractivity contribution in [2.24, 2.45) is 0 Å². The summed E-state index contributed by atoms with van der Waals surface area (Å²) in [6.07, 6.45) is 4.32. The maximum atomic E-state index is 12.2. The second-order valence-electron chi connectivity index (χ2n) is 4.78. The van der Waals surface area contributed by atoms with Gasteiger partial charge >= 0.3 is 0 Å². The summed E-state index contributed by atoms with van der Waals surface area (Å²) < 4.78 is 28.3. The fraction of sp³-hybridized carbons (Fsp3) is 0.188. The zero-order valence-corrected chi connectivity index (χ0v) is 14.1. The number of benzene rings is 1. The van der Waals surface area contributed by atoms with Crippen LogP contribution in [0.25, 0.3) is 6.08 Å². The van der Waals surface area contributed by atoms with Gasteiger partial charge in [-0.1, -0.05) is 0 Å². The van der Waals surface area contributed by atoms with Crippen LogP contribution in [0.1, 0.15) is 20.1 Å². The van der Waals surface area contributed by atoms with Crippen molar-refractivity contribution in [3.63, 3.8) is 0 Å². The summed E-state index contributed by atoms with van der Waals surface area (Å²) in [7, 11) is -2.02. The molecule has 0 aliphatic rings. The van der Waals surface area contributed by atoms with Gasteiger partial charge in [0.1, 0.15) is 10.6 Å². The van der Waals surface area contributed by atoms with Crippen LogP contribution in [0.15, 0.2) is 41.3 Å². The molecule has 1 aromatic carbocycles. The van der Waals surface area contributed by atoms with Crippen molar-refractivity contribution in [1.82, 2.24) is 0 Å². The zero-order chi connectivity index (χ0) is 16.3. The summed E-state index contributed by atoms with van der Waals surface area (Å²) in [5, 5.41) is 0. The van der Waals surface area contributed by atoms with E-state index in [0.29, 0.717) is 5.56 Å². The Morgan fingerprint density at radius 1 is 1.23 bits per heavy atom. The minimum atomic E-state index is -3.39. The van der Waals surface area contributed by atoms with Gasteiger partial charge in [-0.15, -0.1) is 11.3 Å². The second-order valence-corrected chi connectivity index (χ2v) is 8.09. The molecule has 2 rings (SSSR count). The van der Waals surface area contributed by atoms with Crippen molar-refractivity contribution in [3.8, 4) is 5.75 Å². The fourth-order valence-electron chi connectivity index (χ4n) is 1.92. The lowest BCUT2D eigenvalue weighted by Gasteiger charge is -2.07. The molecule has 0 N–H and O–H groups in total. The number of hydrogen-bond donors (Lipinski definition) is 0. The predicted molar refractivity (Wildman–Crippen MR) is 88.5 cm³/mol. The summed E-state index contributed by atoms with van der Waals surface area (Å²) in [6.45, 7) is 2.00. The Balaban J connectivity index is 2.29. The topological polar surface area (TPSA) is 60.4 Å². The monoisotopic (exact) mass is 336 g/mol. The van der Waals surface area contributed by atoms with Crippen LogP contribution in [0.2, 0.25) is 0 Å². The molecule has 6 heteroatoms. The zero-order valence-electron chi connectivity index (χ0n) is 12.5. The number of aryl methyl sites for hydroxylation is 1. The van der Waals surface area contributed by atoms with Gasteiger partial charge in [0.2, 0.25) is 0 Å². The molecule has 0 saturated heterocycles. The molecule has 22 heavy (non-hydrogen) atoms. The number of thiophene rings is 1. The first-order valence-corrected chi connectivity index (χ1v) is 9.19. The summed E-state index contributed by atoms with van der Waals surface area (Å²) in [5.74, 6) is -0.0295. The average molecular weight is 336 g/mol. The molecule has 4 nitrogen and oxygen atoms in total. The lowest BCUT2D eigenvalue weighted by molar-refractivity contribution is 0.104. The smallest absolute Gasteiger partial charge is 0.186 e. The molecule has 0 aliphatic carbocycles. The Hall–Kier alpha value is -1.92. The molecule has 0 unspecified atom stereocenters. The molecular weight excluding hydrogens is 320 g/mol. The minimum absolute atomic E-state index is 0.0735. The van der Waals surface area contributed by atoms with Crippen LogP contribution in [0.4, 0.5) is 0 Å². The number of carbonyl (C=O) groups is 1. The van der Waals surface area contributed by atoms with Crippen molar-refractivity contribution in [2.45, 2.75) is 11.8 Å². The molecule has 0 atom stereocenters. The summed E-state index contributed by atoms with van der Waals surface area (Å²) in [5.41, 5.74) is 0.383. The molecule has 0 spiro atoms. The third-order valence-electron chi connectivity index (χ3n) is 3.01. The van der Waals surface area contributed by atoms with Crippen LogP contribution in [-0.4, -0.2) is 27.6 Å². The normalized spacial score (nSPS) is 11.8. The number of methoxy groups -OCH3 is 1. The maximum absolute atomic E-state index is 12.2. The third kappa shape index (κ3) is 3.84. The van der Waals surface area contributed by atoms with Crippen molar-refractivity contribution in [2.75, 3.05) is 13.4 Å². The Bertz CT molecular complexity index is 830. The van der Waals surface area contributed by atoms with Crippen molar-refractivity contribution in [3.05, 3.63) is 51.7 Å². The van der Waals surface area contributed by atoms with E-state index in [-0.39, 0.29) is 16.4 Å². The van der Waals surface area contributed by atoms with Crippen LogP contribution in [0, 0.1) is 6.92 Å². The first-order chi connectivity index (χ1) is 10.3. The van der Waals surface area contributed by atoms with Gasteiger partial charge in [-0.05, 0) is 49.4 Å². The highest BCUT2D eigenvalue weighted by Gasteiger charge is 2.16. The van der Waals surface area contributed by atoms with Gasteiger partial charge in [-0.25, -0.2) is 8.42 Å². The Morgan fingerprint density at radius 3 is 2.50 bits per heavy atom. The first-order valence-electron chi connectivity index (χ1n) is 6.48. The highest BCUT2D eigenvalue weighted by Crippen LogP contribution is 2.25. The van der Waals surface area contributed by atoms with Gasteiger partial charge in [0.25, 0.3) is 0 Å². The second kappa shape index (κ2) is 6.46. The molecule has 0 bridgehead atoms. The van der Waals surface area contributed by atoms with E-state index in [2.05, 4.69) is 0 Å². The SMILES string of the molecule is COc1cc(C(=O)C=Cc2ccc(C)s2)ccc1S(C)(=O)=O. The predicted octanol–water partition coefficient (Wildman–Crippen LogP) is 3.36. The summed E-state index contributed by atoms with van der Waals surface area (Å²) in [6, 6.07) is 8.26. The van der Waals surface area contributed by atoms with E-state index in [1.807, 2.05) is 19.1 Å². The first kappa shape index (κ1) is 16.5. The van der Waals surface area contributed by atoms with Crippen molar-refractivity contribution in [1.29, 1.82) is 0 Å². The minimum Gasteiger partial charge on any atom is -0.495 e.